The summed E-state index contributed by atoms with van der Waals surface area (Å²) in [7, 11) is 1.07. The van der Waals surface area contributed by atoms with Crippen molar-refractivity contribution < 1.29 is 41.3 Å². The van der Waals surface area contributed by atoms with Crippen molar-refractivity contribution in [3.05, 3.63) is 108 Å². The highest BCUT2D eigenvalue weighted by atomic mass is 32.2. The molecular weight excluding hydrogens is 665 g/mol. The summed E-state index contributed by atoms with van der Waals surface area (Å²) in [4.78, 5) is 29.7. The third-order valence-corrected chi connectivity index (χ3v) is 9.60. The average molecular weight is 708 g/mol. The fourth-order valence-corrected chi connectivity index (χ4v) is 6.76. The van der Waals surface area contributed by atoms with Crippen LogP contribution in [0.2, 0.25) is 0 Å². The monoisotopic (exact) mass is 707 g/mol. The van der Waals surface area contributed by atoms with Gasteiger partial charge in [0.15, 0.2) is 11.5 Å². The van der Waals surface area contributed by atoms with E-state index in [1.807, 2.05) is 30.3 Å². The van der Waals surface area contributed by atoms with E-state index in [1.54, 1.807) is 19.9 Å². The molecule has 0 aliphatic rings. The summed E-state index contributed by atoms with van der Waals surface area (Å²) in [6, 6.07) is 22.0. The molecule has 0 saturated carbocycles. The molecule has 0 aliphatic heterocycles. The van der Waals surface area contributed by atoms with E-state index in [0.29, 0.717) is 17.1 Å². The molecule has 266 valence electrons. The maximum absolute atomic E-state index is 14.7. The molecular formula is C37H42FN3O8S. The fourth-order valence-electron chi connectivity index (χ4n) is 5.33. The normalized spacial score (nSPS) is 11.8. The summed E-state index contributed by atoms with van der Waals surface area (Å²) < 4.78 is 65.7. The molecule has 4 aromatic rings. The van der Waals surface area contributed by atoms with Crippen molar-refractivity contribution >= 4 is 27.5 Å². The number of carbonyl (C=O) groups is 2. The van der Waals surface area contributed by atoms with Gasteiger partial charge in [-0.2, -0.15) is 0 Å². The van der Waals surface area contributed by atoms with Gasteiger partial charge in [0.1, 0.15) is 29.9 Å². The number of rotatable bonds is 16. The quantitative estimate of drug-likeness (QED) is 0.168. The van der Waals surface area contributed by atoms with Gasteiger partial charge >= 0.3 is 0 Å². The number of hydrogen-bond donors (Lipinski definition) is 1. The van der Waals surface area contributed by atoms with Crippen LogP contribution >= 0.6 is 0 Å². The molecule has 0 bridgehead atoms. The number of sulfonamides is 1. The molecule has 0 aromatic heterocycles. The summed E-state index contributed by atoms with van der Waals surface area (Å²) in [5.74, 6) is -0.701. The fraction of sp³-hybridized carbons (Fsp3) is 0.297. The van der Waals surface area contributed by atoms with Gasteiger partial charge in [-0.3, -0.25) is 13.9 Å². The molecule has 0 saturated heterocycles. The number of amides is 2. The smallest absolute Gasteiger partial charge is 0.265 e. The summed E-state index contributed by atoms with van der Waals surface area (Å²) in [6.07, 6.45) is 0.122. The number of anilines is 1. The van der Waals surface area contributed by atoms with Crippen LogP contribution in [0.25, 0.3) is 0 Å². The van der Waals surface area contributed by atoms with E-state index >= 15 is 0 Å². The van der Waals surface area contributed by atoms with Crippen LogP contribution in [0.3, 0.4) is 0 Å². The number of nitrogens with zero attached hydrogens (tertiary/aromatic N) is 2. The molecule has 0 unspecified atom stereocenters. The van der Waals surface area contributed by atoms with Gasteiger partial charge < -0.3 is 29.2 Å². The molecule has 0 radical (unpaired) electrons. The van der Waals surface area contributed by atoms with Crippen molar-refractivity contribution in [1.29, 1.82) is 0 Å². The molecule has 0 aliphatic carbocycles. The number of nitrogens with one attached hydrogen (secondary N) is 1. The second kappa shape index (κ2) is 16.9. The van der Waals surface area contributed by atoms with Crippen molar-refractivity contribution in [3.8, 4) is 23.0 Å². The maximum Gasteiger partial charge on any atom is 0.265 e. The Balaban J connectivity index is 1.90. The zero-order chi connectivity index (χ0) is 36.4. The number of benzene rings is 4. The van der Waals surface area contributed by atoms with Crippen LogP contribution in [0.15, 0.2) is 95.9 Å². The average Bonchev–Trinajstić information content (AvgIpc) is 3.12. The molecule has 4 rings (SSSR count). The van der Waals surface area contributed by atoms with Crippen LogP contribution in [0.5, 0.6) is 23.0 Å². The Kier molecular flexibility index (Phi) is 12.7. The molecule has 0 heterocycles. The van der Waals surface area contributed by atoms with Gasteiger partial charge in [0.2, 0.25) is 11.8 Å². The maximum atomic E-state index is 14.7. The number of methoxy groups -OCH3 is 4. The highest BCUT2D eigenvalue weighted by Crippen LogP contribution is 2.38. The Bertz CT molecular complexity index is 1870. The van der Waals surface area contributed by atoms with Crippen LogP contribution < -0.4 is 28.6 Å². The van der Waals surface area contributed by atoms with E-state index in [-0.39, 0.29) is 41.1 Å². The SMILES string of the molecule is COc1ccc(OC)c(N(CC(=O)N(Cc2ccc(F)cc2)[C@@H](Cc2ccccc2)C(=O)NC(C)C)S(=O)(=O)c2ccc(OC)c(OC)c2)c1. The van der Waals surface area contributed by atoms with Crippen molar-refractivity contribution in [2.75, 3.05) is 39.3 Å². The largest absolute Gasteiger partial charge is 0.497 e. The minimum absolute atomic E-state index is 0.0166. The lowest BCUT2D eigenvalue weighted by atomic mass is 10.0. The second-order valence-electron chi connectivity index (χ2n) is 11.6. The standard InChI is InChI=1S/C37H42FN3O8S/c1-25(2)39-37(43)32(20-26-10-8-7-9-11-26)40(23-27-12-14-28(38)15-13-27)36(42)24-41(31-21-29(46-3)16-18-33(31)47-4)50(44,45)30-17-19-34(48-5)35(22-30)49-6/h7-19,21-22,25,32H,20,23-24H2,1-6H3,(H,39,43)/t32-/m0/s1. The third kappa shape index (κ3) is 9.03. The predicted octanol–water partition coefficient (Wildman–Crippen LogP) is 5.22. The number of carbonyl (C=O) groups excluding carboxylic acids is 2. The lowest BCUT2D eigenvalue weighted by molar-refractivity contribution is -0.140. The number of hydrogen-bond acceptors (Lipinski definition) is 8. The van der Waals surface area contributed by atoms with E-state index in [1.165, 1.54) is 87.9 Å². The highest BCUT2D eigenvalue weighted by Gasteiger charge is 2.36. The Morgan fingerprint density at radius 1 is 0.760 bits per heavy atom. The lowest BCUT2D eigenvalue weighted by Crippen LogP contribution is -2.54. The minimum Gasteiger partial charge on any atom is -0.497 e. The van der Waals surface area contributed by atoms with Crippen molar-refractivity contribution in [2.24, 2.45) is 0 Å². The molecule has 11 nitrogen and oxygen atoms in total. The third-order valence-electron chi connectivity index (χ3n) is 7.84. The van der Waals surface area contributed by atoms with Gasteiger partial charge in [0.05, 0.1) is 39.0 Å². The van der Waals surface area contributed by atoms with Crippen LogP contribution in [0, 0.1) is 5.82 Å². The highest BCUT2D eigenvalue weighted by molar-refractivity contribution is 7.92. The first-order valence-electron chi connectivity index (χ1n) is 15.8. The summed E-state index contributed by atoms with van der Waals surface area (Å²) in [5.41, 5.74) is 1.32. The molecule has 13 heteroatoms. The topological polar surface area (TPSA) is 124 Å². The molecule has 1 N–H and O–H groups in total. The molecule has 50 heavy (non-hydrogen) atoms. The minimum atomic E-state index is -4.54. The predicted molar refractivity (Wildman–Crippen MR) is 188 cm³/mol. The Labute approximate surface area is 292 Å². The van der Waals surface area contributed by atoms with Crippen molar-refractivity contribution in [1.82, 2.24) is 10.2 Å². The summed E-state index contributed by atoms with van der Waals surface area (Å²) >= 11 is 0. The van der Waals surface area contributed by atoms with Crippen molar-refractivity contribution in [3.63, 3.8) is 0 Å². The zero-order valence-corrected chi connectivity index (χ0v) is 29.7. The first-order chi connectivity index (χ1) is 23.9. The molecule has 2 amide bonds. The van der Waals surface area contributed by atoms with Gasteiger partial charge in [-0.05, 0) is 61.4 Å². The van der Waals surface area contributed by atoms with E-state index < -0.39 is 40.2 Å². The summed E-state index contributed by atoms with van der Waals surface area (Å²) in [6.45, 7) is 2.73. The van der Waals surface area contributed by atoms with E-state index in [0.717, 1.165) is 9.87 Å². The molecule has 0 spiro atoms. The van der Waals surface area contributed by atoms with Crippen LogP contribution in [0.1, 0.15) is 25.0 Å². The Morgan fingerprint density at radius 2 is 1.40 bits per heavy atom. The molecule has 0 fully saturated rings. The van der Waals surface area contributed by atoms with Crippen LogP contribution in [-0.4, -0.2) is 72.2 Å². The van der Waals surface area contributed by atoms with E-state index in [4.69, 9.17) is 18.9 Å². The van der Waals surface area contributed by atoms with E-state index in [2.05, 4.69) is 5.32 Å². The molecule has 1 atom stereocenters. The summed E-state index contributed by atoms with van der Waals surface area (Å²) in [5, 5.41) is 2.90. The van der Waals surface area contributed by atoms with Gasteiger partial charge in [-0.25, -0.2) is 12.8 Å². The van der Waals surface area contributed by atoms with Crippen molar-refractivity contribution in [2.45, 2.75) is 43.8 Å². The number of ether oxygens (including phenoxy) is 4. The van der Waals surface area contributed by atoms with Gasteiger partial charge in [0.25, 0.3) is 10.0 Å². The first kappa shape index (κ1) is 37.5. The van der Waals surface area contributed by atoms with Gasteiger partial charge in [-0.15, -0.1) is 0 Å². The molecule has 4 aromatic carbocycles. The van der Waals surface area contributed by atoms with Crippen LogP contribution in [0.4, 0.5) is 10.1 Å². The first-order valence-corrected chi connectivity index (χ1v) is 17.2. The van der Waals surface area contributed by atoms with Crippen LogP contribution in [-0.2, 0) is 32.6 Å². The Morgan fingerprint density at radius 3 is 2.00 bits per heavy atom. The lowest BCUT2D eigenvalue weighted by Gasteiger charge is -2.34. The second-order valence-corrected chi connectivity index (χ2v) is 13.4. The zero-order valence-electron chi connectivity index (χ0n) is 28.9. The Hall–Kier alpha value is -5.30. The van der Waals surface area contributed by atoms with E-state index in [9.17, 15) is 22.4 Å². The number of halogens is 1. The van der Waals surface area contributed by atoms with Gasteiger partial charge in [0, 0.05) is 31.1 Å². The van der Waals surface area contributed by atoms with Gasteiger partial charge in [-0.1, -0.05) is 42.5 Å².